The van der Waals surface area contributed by atoms with Gasteiger partial charge in [0, 0.05) is 45.0 Å². The van der Waals surface area contributed by atoms with Crippen molar-refractivity contribution in [3.63, 3.8) is 0 Å². The number of aromatic nitrogens is 2. The van der Waals surface area contributed by atoms with E-state index < -0.39 is 0 Å². The Hall–Kier alpha value is -2.50. The number of benzene rings is 1. The van der Waals surface area contributed by atoms with Crippen LogP contribution < -0.4 is 10.2 Å². The summed E-state index contributed by atoms with van der Waals surface area (Å²) in [5.41, 5.74) is 2.20. The smallest absolute Gasteiger partial charge is 0.317 e. The van der Waals surface area contributed by atoms with Gasteiger partial charge >= 0.3 is 6.03 Å². The van der Waals surface area contributed by atoms with Crippen LogP contribution in [0.1, 0.15) is 37.2 Å². The number of nitrogens with one attached hydrogen (secondary N) is 1. The molecule has 1 N–H and O–H groups in total. The lowest BCUT2D eigenvalue weighted by molar-refractivity contribution is 0.182. The molecule has 4 rings (SSSR count). The van der Waals surface area contributed by atoms with E-state index in [0.717, 1.165) is 50.4 Å². The fourth-order valence-corrected chi connectivity index (χ4v) is 4.16. The van der Waals surface area contributed by atoms with Gasteiger partial charge in [-0.2, -0.15) is 0 Å². The molecule has 2 amide bonds. The van der Waals surface area contributed by atoms with Crippen LogP contribution in [0.25, 0.3) is 0 Å². The van der Waals surface area contributed by atoms with Gasteiger partial charge in [-0.15, -0.1) is 0 Å². The zero-order chi connectivity index (χ0) is 18.6. The Kier molecular flexibility index (Phi) is 5.32. The number of likely N-dealkylation sites (N-methyl/N-ethyl adjacent to an activating group) is 1. The number of nitrogens with zero attached hydrogens (tertiary/aromatic N) is 4. The van der Waals surface area contributed by atoms with E-state index in [1.54, 1.807) is 0 Å². The Bertz CT molecular complexity index is 749. The molecule has 0 aliphatic carbocycles. The molecule has 6 nitrogen and oxygen atoms in total. The van der Waals surface area contributed by atoms with Crippen molar-refractivity contribution in [3.8, 4) is 0 Å². The first-order chi connectivity index (χ1) is 13.2. The number of anilines is 1. The Morgan fingerprint density at radius 1 is 1.22 bits per heavy atom. The number of hydrogen-bond donors (Lipinski definition) is 1. The molecule has 1 saturated heterocycles. The molecule has 1 unspecified atom stereocenters. The second kappa shape index (κ2) is 8.03. The molecule has 144 valence electrons. The number of hydrogen-bond acceptors (Lipinski definition) is 3. The lowest BCUT2D eigenvalue weighted by Gasteiger charge is -2.38. The highest BCUT2D eigenvalue weighted by Crippen LogP contribution is 2.22. The number of imidazole rings is 1. The summed E-state index contributed by atoms with van der Waals surface area (Å²) < 4.78 is 2.23. The summed E-state index contributed by atoms with van der Waals surface area (Å²) in [6.45, 7) is 3.48. The van der Waals surface area contributed by atoms with E-state index in [9.17, 15) is 4.79 Å². The monoisotopic (exact) mass is 367 g/mol. The summed E-state index contributed by atoms with van der Waals surface area (Å²) in [6, 6.07) is 10.7. The first-order valence-electron chi connectivity index (χ1n) is 10.1. The molecule has 0 spiro atoms. The Labute approximate surface area is 161 Å². The molecule has 6 heteroatoms. The van der Waals surface area contributed by atoms with Crippen molar-refractivity contribution in [1.82, 2.24) is 19.8 Å². The van der Waals surface area contributed by atoms with Crippen LogP contribution in [-0.2, 0) is 19.5 Å². The number of amides is 2. The van der Waals surface area contributed by atoms with Crippen molar-refractivity contribution in [2.24, 2.45) is 0 Å². The number of para-hydroxylation sites is 1. The second-order valence-electron chi connectivity index (χ2n) is 7.65. The maximum absolute atomic E-state index is 12.7. The van der Waals surface area contributed by atoms with E-state index >= 15 is 0 Å². The average molecular weight is 367 g/mol. The summed E-state index contributed by atoms with van der Waals surface area (Å²) in [7, 11) is 1.91. The van der Waals surface area contributed by atoms with E-state index in [1.807, 2.05) is 18.0 Å². The summed E-state index contributed by atoms with van der Waals surface area (Å²) >= 11 is 0. The molecule has 1 fully saturated rings. The van der Waals surface area contributed by atoms with Crippen LogP contribution >= 0.6 is 0 Å². The highest BCUT2D eigenvalue weighted by Gasteiger charge is 2.26. The highest BCUT2D eigenvalue weighted by molar-refractivity contribution is 5.74. The third kappa shape index (κ3) is 4.10. The van der Waals surface area contributed by atoms with Crippen LogP contribution in [0.3, 0.4) is 0 Å². The second-order valence-corrected chi connectivity index (χ2v) is 7.65. The van der Waals surface area contributed by atoms with E-state index in [4.69, 9.17) is 0 Å². The minimum atomic E-state index is -0.0131. The van der Waals surface area contributed by atoms with Crippen LogP contribution in [-0.4, -0.2) is 46.7 Å². The molecule has 1 aromatic heterocycles. The maximum atomic E-state index is 12.7. The van der Waals surface area contributed by atoms with Gasteiger partial charge in [-0.05, 0) is 37.8 Å². The van der Waals surface area contributed by atoms with Gasteiger partial charge in [-0.1, -0.05) is 18.2 Å². The van der Waals surface area contributed by atoms with Gasteiger partial charge in [0.25, 0.3) is 0 Å². The van der Waals surface area contributed by atoms with Gasteiger partial charge < -0.3 is 19.7 Å². The number of piperidine rings is 1. The summed E-state index contributed by atoms with van der Waals surface area (Å²) in [4.78, 5) is 21.6. The number of aryl methyl sites for hydroxylation is 2. The quantitative estimate of drug-likeness (QED) is 0.904. The highest BCUT2D eigenvalue weighted by atomic mass is 16.2. The molecular weight excluding hydrogens is 338 g/mol. The van der Waals surface area contributed by atoms with E-state index in [0.29, 0.717) is 6.54 Å². The molecule has 0 saturated carbocycles. The van der Waals surface area contributed by atoms with Crippen molar-refractivity contribution in [3.05, 3.63) is 48.0 Å². The third-order valence-electron chi connectivity index (χ3n) is 5.77. The van der Waals surface area contributed by atoms with E-state index in [2.05, 4.69) is 50.2 Å². The van der Waals surface area contributed by atoms with Gasteiger partial charge in [0.15, 0.2) is 0 Å². The molecule has 1 atom stereocenters. The molecule has 3 heterocycles. The fraction of sp³-hybridized carbons (Fsp3) is 0.524. The van der Waals surface area contributed by atoms with Crippen LogP contribution in [0.4, 0.5) is 10.5 Å². The zero-order valence-electron chi connectivity index (χ0n) is 16.1. The van der Waals surface area contributed by atoms with Crippen molar-refractivity contribution in [2.45, 2.75) is 51.2 Å². The van der Waals surface area contributed by atoms with Crippen molar-refractivity contribution in [1.29, 1.82) is 0 Å². The lowest BCUT2D eigenvalue weighted by atomic mass is 10.0. The van der Waals surface area contributed by atoms with Crippen LogP contribution in [0.15, 0.2) is 36.5 Å². The number of rotatable bonds is 4. The molecule has 0 bridgehead atoms. The predicted octanol–water partition coefficient (Wildman–Crippen LogP) is 3.03. The molecule has 2 aromatic rings. The van der Waals surface area contributed by atoms with Crippen molar-refractivity contribution in [2.75, 3.05) is 25.0 Å². The van der Waals surface area contributed by atoms with Crippen LogP contribution in [0.5, 0.6) is 0 Å². The molecule has 2 aliphatic heterocycles. The third-order valence-corrected chi connectivity index (χ3v) is 5.77. The molecule has 0 radical (unpaired) electrons. The maximum Gasteiger partial charge on any atom is 0.317 e. The topological polar surface area (TPSA) is 53.4 Å². The minimum Gasteiger partial charge on any atom is -0.369 e. The Morgan fingerprint density at radius 2 is 2.07 bits per heavy atom. The van der Waals surface area contributed by atoms with E-state index in [1.165, 1.54) is 18.5 Å². The summed E-state index contributed by atoms with van der Waals surface area (Å²) in [6.07, 6.45) is 7.72. The van der Waals surface area contributed by atoms with Gasteiger partial charge in [-0.25, -0.2) is 9.78 Å². The van der Waals surface area contributed by atoms with E-state index in [-0.39, 0.29) is 12.1 Å². The standard InChI is InChI=1S/C21H29N5O/c1-24(19-10-7-13-25(16-19)18-8-3-2-4-9-18)21(27)22-14-17-15-26-12-6-5-11-20(26)23-17/h2-4,8-9,15,19H,5-7,10-14,16H2,1H3,(H,22,27). The zero-order valence-corrected chi connectivity index (χ0v) is 16.1. The number of urea groups is 1. The van der Waals surface area contributed by atoms with Crippen LogP contribution in [0, 0.1) is 0 Å². The number of fused-ring (bicyclic) bond motifs is 1. The van der Waals surface area contributed by atoms with Crippen molar-refractivity contribution < 1.29 is 4.79 Å². The van der Waals surface area contributed by atoms with Crippen LogP contribution in [0.2, 0.25) is 0 Å². The van der Waals surface area contributed by atoms with Gasteiger partial charge in [0.05, 0.1) is 18.3 Å². The first-order valence-corrected chi connectivity index (χ1v) is 10.1. The van der Waals surface area contributed by atoms with Gasteiger partial charge in [-0.3, -0.25) is 0 Å². The molecule has 2 aliphatic rings. The SMILES string of the molecule is CN(C(=O)NCc1cn2c(n1)CCCC2)C1CCCN(c2ccccc2)C1. The predicted molar refractivity (Wildman–Crippen MR) is 107 cm³/mol. The molecule has 27 heavy (non-hydrogen) atoms. The Balaban J connectivity index is 1.32. The fourth-order valence-electron chi connectivity index (χ4n) is 4.16. The first kappa shape index (κ1) is 17.9. The summed E-state index contributed by atoms with van der Waals surface area (Å²) in [5, 5.41) is 3.05. The number of carbonyl (C=O) groups is 1. The lowest BCUT2D eigenvalue weighted by Crippen LogP contribution is -2.51. The van der Waals surface area contributed by atoms with Crippen molar-refractivity contribution >= 4 is 11.7 Å². The normalized spacial score (nSPS) is 19.4. The Morgan fingerprint density at radius 3 is 2.89 bits per heavy atom. The summed E-state index contributed by atoms with van der Waals surface area (Å²) in [5.74, 6) is 1.16. The van der Waals surface area contributed by atoms with Gasteiger partial charge in [0.1, 0.15) is 5.82 Å². The largest absolute Gasteiger partial charge is 0.369 e. The molecular formula is C21H29N5O. The minimum absolute atomic E-state index is 0.0131. The number of carbonyl (C=O) groups excluding carboxylic acids is 1. The average Bonchev–Trinajstić information content (AvgIpc) is 3.15. The van der Waals surface area contributed by atoms with Gasteiger partial charge in [0.2, 0.25) is 0 Å². The molecule has 1 aromatic carbocycles.